The third-order valence-corrected chi connectivity index (χ3v) is 3.47. The molecule has 1 aromatic carbocycles. The molecule has 1 unspecified atom stereocenters. The van der Waals surface area contributed by atoms with Gasteiger partial charge in [0.05, 0.1) is 25.0 Å². The van der Waals surface area contributed by atoms with E-state index in [1.165, 1.54) is 0 Å². The van der Waals surface area contributed by atoms with Gasteiger partial charge in [0.15, 0.2) is 6.23 Å². The van der Waals surface area contributed by atoms with Crippen molar-refractivity contribution in [2.75, 3.05) is 6.54 Å². The summed E-state index contributed by atoms with van der Waals surface area (Å²) in [5, 5.41) is 1.88. The zero-order valence-electron chi connectivity index (χ0n) is 12.9. The maximum Gasteiger partial charge on any atom is 0.153 e. The minimum atomic E-state index is -0.241. The molecule has 2 heterocycles. The van der Waals surface area contributed by atoms with E-state index >= 15 is 0 Å². The average molecular weight is 299 g/mol. The molecular weight excluding hydrogens is 278 g/mol. The van der Waals surface area contributed by atoms with Crippen molar-refractivity contribution in [3.8, 4) is 0 Å². The van der Waals surface area contributed by atoms with Crippen LogP contribution in [0.4, 0.5) is 0 Å². The summed E-state index contributed by atoms with van der Waals surface area (Å²) in [7, 11) is 0. The number of hydrogen-bond donors (Lipinski definition) is 0. The van der Waals surface area contributed by atoms with Crippen molar-refractivity contribution in [3.63, 3.8) is 0 Å². The Morgan fingerprint density at radius 3 is 2.77 bits per heavy atom. The number of hydroxylamine groups is 2. The number of nitrogens with zero attached hydrogens (tertiary/aromatic N) is 1. The first-order valence-electron chi connectivity index (χ1n) is 7.45. The molecule has 4 heteroatoms. The molecule has 0 spiro atoms. The van der Waals surface area contributed by atoms with Crippen molar-refractivity contribution in [2.45, 2.75) is 32.3 Å². The molecule has 0 N–H and O–H groups in total. The highest BCUT2D eigenvalue weighted by Gasteiger charge is 2.38. The fourth-order valence-corrected chi connectivity index (χ4v) is 2.44. The Labute approximate surface area is 130 Å². The third kappa shape index (κ3) is 3.85. The highest BCUT2D eigenvalue weighted by atomic mass is 16.7. The van der Waals surface area contributed by atoms with Crippen molar-refractivity contribution < 1.29 is 14.0 Å². The molecular formula is C18H21NO3. The second kappa shape index (κ2) is 6.48. The number of benzene rings is 1. The van der Waals surface area contributed by atoms with Crippen LogP contribution in [0.1, 0.15) is 25.2 Å². The molecule has 3 rings (SSSR count). The molecule has 2 aromatic rings. The lowest BCUT2D eigenvalue weighted by atomic mass is 10.1. The van der Waals surface area contributed by atoms with Gasteiger partial charge in [-0.15, -0.1) is 0 Å². The summed E-state index contributed by atoms with van der Waals surface area (Å²) < 4.78 is 11.3. The predicted octanol–water partition coefficient (Wildman–Crippen LogP) is 3.86. The van der Waals surface area contributed by atoms with Crippen molar-refractivity contribution in [1.29, 1.82) is 0 Å². The summed E-state index contributed by atoms with van der Waals surface area (Å²) in [5.41, 5.74) is 0.899. The largest absolute Gasteiger partial charge is 0.465 e. The number of hydrogen-bond acceptors (Lipinski definition) is 4. The van der Waals surface area contributed by atoms with Gasteiger partial charge in [0.25, 0.3) is 0 Å². The first kappa shape index (κ1) is 15.0. The quantitative estimate of drug-likeness (QED) is 0.839. The Hall–Kier alpha value is -1.88. The van der Waals surface area contributed by atoms with E-state index in [1.54, 1.807) is 6.26 Å². The van der Waals surface area contributed by atoms with Crippen molar-refractivity contribution in [1.82, 2.24) is 5.06 Å². The second-order valence-electron chi connectivity index (χ2n) is 5.98. The molecule has 22 heavy (non-hydrogen) atoms. The van der Waals surface area contributed by atoms with Gasteiger partial charge in [0, 0.05) is 0 Å². The highest BCUT2D eigenvalue weighted by Crippen LogP contribution is 2.27. The second-order valence-corrected chi connectivity index (χ2v) is 5.98. The van der Waals surface area contributed by atoms with Gasteiger partial charge < -0.3 is 9.15 Å². The molecule has 4 nitrogen and oxygen atoms in total. The van der Waals surface area contributed by atoms with E-state index in [2.05, 4.69) is 26.0 Å². The zero-order valence-corrected chi connectivity index (χ0v) is 12.9. The van der Waals surface area contributed by atoms with E-state index in [4.69, 9.17) is 14.0 Å². The predicted molar refractivity (Wildman–Crippen MR) is 84.6 cm³/mol. The summed E-state index contributed by atoms with van der Waals surface area (Å²) in [5.74, 6) is 0.802. The minimum absolute atomic E-state index is 0.219. The van der Waals surface area contributed by atoms with Crippen LogP contribution >= 0.6 is 0 Å². The Morgan fingerprint density at radius 2 is 2.05 bits per heavy atom. The van der Waals surface area contributed by atoms with Crippen LogP contribution in [0.25, 0.3) is 6.08 Å². The van der Waals surface area contributed by atoms with Gasteiger partial charge in [-0.2, -0.15) is 5.06 Å². The molecule has 1 saturated heterocycles. The van der Waals surface area contributed by atoms with Crippen LogP contribution in [0.3, 0.4) is 0 Å². The highest BCUT2D eigenvalue weighted by molar-refractivity contribution is 5.42. The number of ether oxygens (including phenoxy) is 1. The van der Waals surface area contributed by atoms with Crippen LogP contribution in [-0.2, 0) is 16.2 Å². The maximum absolute atomic E-state index is 6.02. The van der Waals surface area contributed by atoms with E-state index in [0.717, 1.165) is 11.3 Å². The van der Waals surface area contributed by atoms with Crippen molar-refractivity contribution >= 4 is 6.08 Å². The van der Waals surface area contributed by atoms with Gasteiger partial charge in [-0.05, 0) is 43.7 Å². The monoisotopic (exact) mass is 299 g/mol. The van der Waals surface area contributed by atoms with Gasteiger partial charge in [0.1, 0.15) is 5.76 Å². The molecule has 0 radical (unpaired) electrons. The van der Waals surface area contributed by atoms with Gasteiger partial charge in [-0.25, -0.2) is 0 Å². The number of furan rings is 1. The fourth-order valence-electron chi connectivity index (χ4n) is 2.44. The van der Waals surface area contributed by atoms with E-state index in [9.17, 15) is 0 Å². The van der Waals surface area contributed by atoms with Gasteiger partial charge in [-0.3, -0.25) is 4.84 Å². The molecule has 1 aliphatic rings. The summed E-state index contributed by atoms with van der Waals surface area (Å²) in [6.07, 6.45) is 5.30. The smallest absolute Gasteiger partial charge is 0.153 e. The molecule has 1 fully saturated rings. The molecule has 0 amide bonds. The van der Waals surface area contributed by atoms with Gasteiger partial charge in [-0.1, -0.05) is 30.3 Å². The lowest BCUT2D eigenvalue weighted by Gasteiger charge is -2.19. The first-order valence-corrected chi connectivity index (χ1v) is 7.45. The Kier molecular flexibility index (Phi) is 4.43. The van der Waals surface area contributed by atoms with Crippen molar-refractivity contribution in [2.24, 2.45) is 0 Å². The molecule has 1 atom stereocenters. The van der Waals surface area contributed by atoms with Crippen LogP contribution in [-0.4, -0.2) is 23.4 Å². The lowest BCUT2D eigenvalue weighted by Crippen LogP contribution is -2.30. The standard InChI is InChI=1S/C18H21NO3/c1-18(2)14-19(21-13-15-7-4-3-5-8-15)17(22-18)11-10-16-9-6-12-20-16/h3-12,17H,13-14H2,1-2H3. The van der Waals surface area contributed by atoms with Crippen LogP contribution in [0, 0.1) is 0 Å². The molecule has 1 aliphatic heterocycles. The molecule has 1 aromatic heterocycles. The summed E-state index contributed by atoms with van der Waals surface area (Å²) in [6, 6.07) is 13.9. The topological polar surface area (TPSA) is 34.8 Å². The van der Waals surface area contributed by atoms with Crippen LogP contribution < -0.4 is 0 Å². The fraction of sp³-hybridized carbons (Fsp3) is 0.333. The summed E-state index contributed by atoms with van der Waals surface area (Å²) in [6.45, 7) is 5.37. The average Bonchev–Trinajstić information content (AvgIpc) is 3.11. The third-order valence-electron chi connectivity index (χ3n) is 3.47. The van der Waals surface area contributed by atoms with Crippen LogP contribution in [0.15, 0.2) is 59.2 Å². The summed E-state index contributed by atoms with van der Waals surface area (Å²) in [4.78, 5) is 5.93. The first-order chi connectivity index (χ1) is 10.6. The van der Waals surface area contributed by atoms with E-state index in [0.29, 0.717) is 13.2 Å². The SMILES string of the molecule is CC1(C)CN(OCc2ccccc2)C(C=Cc2ccco2)O1. The Bertz CT molecular complexity index is 605. The Morgan fingerprint density at radius 1 is 1.23 bits per heavy atom. The van der Waals surface area contributed by atoms with E-state index < -0.39 is 0 Å². The molecule has 0 bridgehead atoms. The minimum Gasteiger partial charge on any atom is -0.465 e. The Balaban J connectivity index is 1.64. The molecule has 0 aliphatic carbocycles. The van der Waals surface area contributed by atoms with Gasteiger partial charge >= 0.3 is 0 Å². The van der Waals surface area contributed by atoms with E-state index in [-0.39, 0.29) is 11.8 Å². The van der Waals surface area contributed by atoms with Gasteiger partial charge in [0.2, 0.25) is 0 Å². The summed E-state index contributed by atoms with van der Waals surface area (Å²) >= 11 is 0. The zero-order chi connectivity index (χ0) is 15.4. The lowest BCUT2D eigenvalue weighted by molar-refractivity contribution is -0.198. The molecule has 0 saturated carbocycles. The van der Waals surface area contributed by atoms with Crippen molar-refractivity contribution in [3.05, 3.63) is 66.1 Å². The molecule has 116 valence electrons. The normalized spacial score (nSPS) is 21.6. The maximum atomic E-state index is 6.02. The van der Waals surface area contributed by atoms with Crippen LogP contribution in [0.5, 0.6) is 0 Å². The van der Waals surface area contributed by atoms with E-state index in [1.807, 2.05) is 47.5 Å². The number of rotatable bonds is 5. The van der Waals surface area contributed by atoms with Crippen LogP contribution in [0.2, 0.25) is 0 Å².